The van der Waals surface area contributed by atoms with E-state index in [1.807, 2.05) is 7.05 Å². The van der Waals surface area contributed by atoms with E-state index in [-0.39, 0.29) is 6.10 Å². The molecule has 0 spiro atoms. The summed E-state index contributed by atoms with van der Waals surface area (Å²) < 4.78 is 0. The number of likely N-dealkylation sites (tertiary alicyclic amines) is 1. The fourth-order valence-electron chi connectivity index (χ4n) is 4.78. The van der Waals surface area contributed by atoms with E-state index >= 15 is 0 Å². The summed E-state index contributed by atoms with van der Waals surface area (Å²) in [4.78, 5) is 7.02. The molecule has 3 rings (SSSR count). The molecule has 2 aliphatic carbocycles. The van der Waals surface area contributed by atoms with Gasteiger partial charge in [-0.25, -0.2) is 0 Å². The molecule has 1 heterocycles. The van der Waals surface area contributed by atoms with Gasteiger partial charge in [0, 0.05) is 38.8 Å². The molecule has 3 N–H and O–H groups in total. The molecule has 138 valence electrons. The smallest absolute Gasteiger partial charge is 0.191 e. The van der Waals surface area contributed by atoms with Crippen LogP contribution in [0.15, 0.2) is 4.99 Å². The Morgan fingerprint density at radius 1 is 1.08 bits per heavy atom. The quantitative estimate of drug-likeness (QED) is 0.532. The van der Waals surface area contributed by atoms with E-state index in [2.05, 4.69) is 20.5 Å². The zero-order valence-electron chi connectivity index (χ0n) is 15.3. The molecule has 1 aliphatic heterocycles. The average molecular weight is 337 g/mol. The van der Waals surface area contributed by atoms with Crippen molar-refractivity contribution < 1.29 is 5.11 Å². The predicted molar refractivity (Wildman–Crippen MR) is 99.3 cm³/mol. The number of guanidine groups is 1. The third kappa shape index (κ3) is 4.85. The lowest BCUT2D eigenvalue weighted by molar-refractivity contribution is 0.0879. The lowest BCUT2D eigenvalue weighted by Gasteiger charge is -2.27. The first-order valence-electron chi connectivity index (χ1n) is 10.2. The Bertz CT molecular complexity index is 402. The van der Waals surface area contributed by atoms with Crippen molar-refractivity contribution in [2.45, 2.75) is 82.4 Å². The molecular weight excluding hydrogens is 300 g/mol. The van der Waals surface area contributed by atoms with Crippen LogP contribution in [0.25, 0.3) is 0 Å². The normalized spacial score (nSPS) is 29.1. The van der Waals surface area contributed by atoms with Gasteiger partial charge in [-0.1, -0.05) is 32.1 Å². The number of rotatable bonds is 5. The van der Waals surface area contributed by atoms with E-state index in [9.17, 15) is 5.11 Å². The van der Waals surface area contributed by atoms with Crippen LogP contribution in [0.1, 0.15) is 64.2 Å². The van der Waals surface area contributed by atoms with Gasteiger partial charge < -0.3 is 15.7 Å². The SMILES string of the molecule is CN=C(NCC(O)C1CCCCC1)NC1CCN(C2CCCC2)C1. The summed E-state index contributed by atoms with van der Waals surface area (Å²) >= 11 is 0. The van der Waals surface area contributed by atoms with Crippen LogP contribution < -0.4 is 10.6 Å². The molecule has 0 amide bonds. The number of aliphatic hydroxyl groups is 1. The molecule has 0 aromatic carbocycles. The van der Waals surface area contributed by atoms with Gasteiger partial charge in [0.15, 0.2) is 5.96 Å². The van der Waals surface area contributed by atoms with Crippen LogP contribution in [0.2, 0.25) is 0 Å². The minimum absolute atomic E-state index is 0.248. The maximum absolute atomic E-state index is 10.4. The highest BCUT2D eigenvalue weighted by Crippen LogP contribution is 2.27. The van der Waals surface area contributed by atoms with Crippen molar-refractivity contribution >= 4 is 5.96 Å². The van der Waals surface area contributed by atoms with E-state index < -0.39 is 0 Å². The summed E-state index contributed by atoms with van der Waals surface area (Å²) in [6.07, 6.45) is 12.7. The van der Waals surface area contributed by atoms with Crippen molar-refractivity contribution in [3.05, 3.63) is 0 Å². The number of aliphatic hydroxyl groups excluding tert-OH is 1. The standard InChI is InChI=1S/C19H36N4O/c1-20-19(21-13-18(24)15-7-3-2-4-8-15)22-16-11-12-23(14-16)17-9-5-6-10-17/h15-18,24H,2-14H2,1H3,(H2,20,21,22). The average Bonchev–Trinajstić information content (AvgIpc) is 3.30. The van der Waals surface area contributed by atoms with Gasteiger partial charge in [-0.2, -0.15) is 0 Å². The van der Waals surface area contributed by atoms with E-state index in [0.29, 0.717) is 18.5 Å². The zero-order chi connectivity index (χ0) is 16.8. The lowest BCUT2D eigenvalue weighted by atomic mass is 9.85. The first kappa shape index (κ1) is 18.0. The summed E-state index contributed by atoms with van der Waals surface area (Å²) in [5.41, 5.74) is 0. The largest absolute Gasteiger partial charge is 0.391 e. The maximum Gasteiger partial charge on any atom is 0.191 e. The third-order valence-electron chi connectivity index (χ3n) is 6.30. The van der Waals surface area contributed by atoms with Crippen molar-refractivity contribution in [2.24, 2.45) is 10.9 Å². The fraction of sp³-hybridized carbons (Fsp3) is 0.947. The number of nitrogens with one attached hydrogen (secondary N) is 2. The number of hydrogen-bond acceptors (Lipinski definition) is 3. The van der Waals surface area contributed by atoms with Crippen LogP contribution in [0, 0.1) is 5.92 Å². The molecule has 5 heteroatoms. The van der Waals surface area contributed by atoms with E-state index in [0.717, 1.165) is 18.5 Å². The Labute approximate surface area is 147 Å². The van der Waals surface area contributed by atoms with Crippen LogP contribution in [-0.4, -0.2) is 60.8 Å². The number of aliphatic imine (C=N–C) groups is 1. The third-order valence-corrected chi connectivity index (χ3v) is 6.30. The van der Waals surface area contributed by atoms with Gasteiger partial charge in [-0.15, -0.1) is 0 Å². The summed E-state index contributed by atoms with van der Waals surface area (Å²) in [7, 11) is 1.83. The highest BCUT2D eigenvalue weighted by molar-refractivity contribution is 5.80. The van der Waals surface area contributed by atoms with Crippen LogP contribution in [0.4, 0.5) is 0 Å². The molecular formula is C19H36N4O. The molecule has 0 aromatic rings. The van der Waals surface area contributed by atoms with Crippen LogP contribution in [-0.2, 0) is 0 Å². The minimum atomic E-state index is -0.248. The van der Waals surface area contributed by atoms with Crippen molar-refractivity contribution in [3.63, 3.8) is 0 Å². The summed E-state index contributed by atoms with van der Waals surface area (Å²) in [6, 6.07) is 1.31. The monoisotopic (exact) mass is 336 g/mol. The maximum atomic E-state index is 10.4. The van der Waals surface area contributed by atoms with Crippen LogP contribution in [0.5, 0.6) is 0 Å². The van der Waals surface area contributed by atoms with E-state index in [1.165, 1.54) is 70.8 Å². The minimum Gasteiger partial charge on any atom is -0.391 e. The lowest BCUT2D eigenvalue weighted by Crippen LogP contribution is -2.48. The fourth-order valence-corrected chi connectivity index (χ4v) is 4.78. The molecule has 0 radical (unpaired) electrons. The molecule has 2 saturated carbocycles. The van der Waals surface area contributed by atoms with Gasteiger partial charge in [-0.3, -0.25) is 9.89 Å². The highest BCUT2D eigenvalue weighted by atomic mass is 16.3. The second-order valence-electron chi connectivity index (χ2n) is 7.98. The zero-order valence-corrected chi connectivity index (χ0v) is 15.3. The van der Waals surface area contributed by atoms with Gasteiger partial charge in [0.25, 0.3) is 0 Å². The molecule has 2 unspecified atom stereocenters. The summed E-state index contributed by atoms with van der Waals surface area (Å²) in [6.45, 7) is 2.96. The van der Waals surface area contributed by atoms with Gasteiger partial charge in [0.1, 0.15) is 0 Å². The Hall–Kier alpha value is -0.810. The van der Waals surface area contributed by atoms with E-state index in [1.54, 1.807) is 0 Å². The van der Waals surface area contributed by atoms with Crippen molar-refractivity contribution in [3.8, 4) is 0 Å². The van der Waals surface area contributed by atoms with Gasteiger partial charge in [0.05, 0.1) is 6.10 Å². The molecule has 3 fully saturated rings. The van der Waals surface area contributed by atoms with Crippen LogP contribution >= 0.6 is 0 Å². The summed E-state index contributed by atoms with van der Waals surface area (Å²) in [5, 5.41) is 17.3. The number of nitrogens with zero attached hydrogens (tertiary/aromatic N) is 2. The Morgan fingerprint density at radius 2 is 1.79 bits per heavy atom. The molecule has 1 saturated heterocycles. The van der Waals surface area contributed by atoms with E-state index in [4.69, 9.17) is 0 Å². The van der Waals surface area contributed by atoms with Gasteiger partial charge in [0.2, 0.25) is 0 Å². The van der Waals surface area contributed by atoms with Crippen molar-refractivity contribution in [1.29, 1.82) is 0 Å². The van der Waals surface area contributed by atoms with Gasteiger partial charge in [-0.05, 0) is 38.0 Å². The highest BCUT2D eigenvalue weighted by Gasteiger charge is 2.30. The molecule has 24 heavy (non-hydrogen) atoms. The summed E-state index contributed by atoms with van der Waals surface area (Å²) in [5.74, 6) is 1.32. The first-order chi connectivity index (χ1) is 11.8. The number of hydrogen-bond donors (Lipinski definition) is 3. The topological polar surface area (TPSA) is 59.9 Å². The molecule has 5 nitrogen and oxygen atoms in total. The molecule has 0 aromatic heterocycles. The molecule has 2 atom stereocenters. The Balaban J connectivity index is 1.38. The van der Waals surface area contributed by atoms with Crippen molar-refractivity contribution in [1.82, 2.24) is 15.5 Å². The first-order valence-corrected chi connectivity index (χ1v) is 10.2. The molecule has 0 bridgehead atoms. The Kier molecular flexibility index (Phi) is 6.78. The van der Waals surface area contributed by atoms with Gasteiger partial charge >= 0.3 is 0 Å². The second-order valence-corrected chi connectivity index (χ2v) is 7.98. The Morgan fingerprint density at radius 3 is 2.50 bits per heavy atom. The molecule has 3 aliphatic rings. The predicted octanol–water partition coefficient (Wildman–Crippen LogP) is 2.11. The van der Waals surface area contributed by atoms with Crippen LogP contribution in [0.3, 0.4) is 0 Å². The second kappa shape index (κ2) is 9.04. The van der Waals surface area contributed by atoms with Crippen molar-refractivity contribution in [2.75, 3.05) is 26.7 Å².